The fraction of sp³-hybridized carbons (Fsp3) is 0.389. The summed E-state index contributed by atoms with van der Waals surface area (Å²) >= 11 is 0. The first kappa shape index (κ1) is 14.5. The fourth-order valence-electron chi connectivity index (χ4n) is 3.68. The highest BCUT2D eigenvalue weighted by Crippen LogP contribution is 2.27. The van der Waals surface area contributed by atoms with E-state index in [1.54, 1.807) is 24.3 Å². The van der Waals surface area contributed by atoms with Gasteiger partial charge in [0.25, 0.3) is 5.91 Å². The summed E-state index contributed by atoms with van der Waals surface area (Å²) in [6.07, 6.45) is 2.27. The first-order valence-corrected chi connectivity index (χ1v) is 8.06. The molecule has 0 radical (unpaired) electrons. The summed E-state index contributed by atoms with van der Waals surface area (Å²) in [5.74, 6) is 0.963. The molecule has 2 saturated heterocycles. The van der Waals surface area contributed by atoms with Gasteiger partial charge in [-0.2, -0.15) is 0 Å². The molecule has 2 aromatic rings. The molecule has 1 unspecified atom stereocenters. The lowest BCUT2D eigenvalue weighted by Crippen LogP contribution is -2.46. The molecule has 4 rings (SSSR count). The Morgan fingerprint density at radius 1 is 1.26 bits per heavy atom. The Labute approximate surface area is 134 Å². The predicted molar refractivity (Wildman–Crippen MR) is 84.5 cm³/mol. The Morgan fingerprint density at radius 2 is 2.17 bits per heavy atom. The lowest BCUT2D eigenvalue weighted by atomic mass is 9.97. The van der Waals surface area contributed by atoms with Crippen molar-refractivity contribution in [3.8, 4) is 11.3 Å². The number of carbonyl (C=O) groups excluding carboxylic acids is 1. The third-order valence-corrected chi connectivity index (χ3v) is 4.74. The van der Waals surface area contributed by atoms with Crippen LogP contribution in [0.3, 0.4) is 0 Å². The van der Waals surface area contributed by atoms with Gasteiger partial charge in [-0.3, -0.25) is 4.79 Å². The molecule has 5 heteroatoms. The Kier molecular flexibility index (Phi) is 3.65. The number of nitrogens with zero attached hydrogens (tertiary/aromatic N) is 1. The molecule has 3 heterocycles. The molecule has 1 aromatic heterocycles. The highest BCUT2D eigenvalue weighted by Gasteiger charge is 2.33. The Hall–Kier alpha value is -2.14. The quantitative estimate of drug-likeness (QED) is 0.947. The minimum atomic E-state index is -0.323. The number of amides is 1. The van der Waals surface area contributed by atoms with Crippen LogP contribution in [0.1, 0.15) is 23.4 Å². The van der Waals surface area contributed by atoms with Gasteiger partial charge in [-0.25, -0.2) is 4.39 Å². The Balaban J connectivity index is 1.45. The van der Waals surface area contributed by atoms with Crippen LogP contribution in [0.5, 0.6) is 0 Å². The number of furan rings is 1. The van der Waals surface area contributed by atoms with Gasteiger partial charge in [-0.15, -0.1) is 0 Å². The van der Waals surface area contributed by atoms with Gasteiger partial charge in [-0.1, -0.05) is 12.1 Å². The molecule has 2 aliphatic heterocycles. The van der Waals surface area contributed by atoms with Crippen LogP contribution in [-0.2, 0) is 0 Å². The van der Waals surface area contributed by atoms with Crippen molar-refractivity contribution in [1.29, 1.82) is 0 Å². The Bertz CT molecular complexity index is 715. The van der Waals surface area contributed by atoms with Crippen LogP contribution in [0.4, 0.5) is 4.39 Å². The molecule has 23 heavy (non-hydrogen) atoms. The summed E-state index contributed by atoms with van der Waals surface area (Å²) in [7, 11) is 0. The molecule has 2 bridgehead atoms. The van der Waals surface area contributed by atoms with Gasteiger partial charge in [0.1, 0.15) is 11.6 Å². The van der Waals surface area contributed by atoms with Crippen LogP contribution in [0, 0.1) is 11.7 Å². The number of hydrogen-bond acceptors (Lipinski definition) is 3. The number of hydrogen-bond donors (Lipinski definition) is 1. The highest BCUT2D eigenvalue weighted by molar-refractivity contribution is 5.92. The van der Waals surface area contributed by atoms with Crippen molar-refractivity contribution in [2.45, 2.75) is 18.9 Å². The summed E-state index contributed by atoms with van der Waals surface area (Å²) in [6.45, 7) is 3.22. The van der Waals surface area contributed by atoms with Crippen molar-refractivity contribution in [1.82, 2.24) is 10.2 Å². The number of benzene rings is 1. The van der Waals surface area contributed by atoms with Crippen LogP contribution < -0.4 is 5.32 Å². The van der Waals surface area contributed by atoms with E-state index in [1.807, 2.05) is 0 Å². The minimum Gasteiger partial charge on any atom is -0.451 e. The Morgan fingerprint density at radius 3 is 3.00 bits per heavy atom. The number of carbonyl (C=O) groups is 1. The number of nitrogens with one attached hydrogen (secondary N) is 1. The topological polar surface area (TPSA) is 45.5 Å². The van der Waals surface area contributed by atoms with Gasteiger partial charge in [0.15, 0.2) is 5.76 Å². The highest BCUT2D eigenvalue weighted by atomic mass is 19.1. The van der Waals surface area contributed by atoms with Crippen LogP contribution >= 0.6 is 0 Å². The molecule has 1 N–H and O–H groups in total. The standard InChI is InChI=1S/C18H19FN2O2/c19-14-3-1-2-13(9-14)16-4-5-17(23-16)18(22)20-15-8-12-6-7-21(10-12)11-15/h1-5,9,12,15H,6-8,10-11H2,(H,20,22)/t12-,15+/m1/s1. The molecular weight excluding hydrogens is 295 g/mol. The lowest BCUT2D eigenvalue weighted by Gasteiger charge is -2.30. The summed E-state index contributed by atoms with van der Waals surface area (Å²) in [5.41, 5.74) is 0.630. The van der Waals surface area contributed by atoms with Gasteiger partial charge in [0.2, 0.25) is 0 Å². The molecule has 0 aliphatic carbocycles. The number of fused-ring (bicyclic) bond motifs is 2. The zero-order valence-corrected chi connectivity index (χ0v) is 12.8. The summed E-state index contributed by atoms with van der Waals surface area (Å²) in [5, 5.41) is 3.06. The molecule has 4 nitrogen and oxygen atoms in total. The van der Waals surface area contributed by atoms with Crippen molar-refractivity contribution in [3.63, 3.8) is 0 Å². The van der Waals surface area contributed by atoms with Crippen LogP contribution in [0.15, 0.2) is 40.8 Å². The van der Waals surface area contributed by atoms with E-state index in [4.69, 9.17) is 4.42 Å². The zero-order valence-electron chi connectivity index (χ0n) is 12.8. The minimum absolute atomic E-state index is 0.187. The van der Waals surface area contributed by atoms with Crippen LogP contribution in [-0.4, -0.2) is 36.5 Å². The molecule has 3 atom stereocenters. The molecule has 120 valence electrons. The largest absolute Gasteiger partial charge is 0.451 e. The summed E-state index contributed by atoms with van der Waals surface area (Å²) in [4.78, 5) is 14.8. The van der Waals surface area contributed by atoms with Crippen LogP contribution in [0.2, 0.25) is 0 Å². The van der Waals surface area contributed by atoms with E-state index in [0.717, 1.165) is 26.1 Å². The predicted octanol–water partition coefficient (Wildman–Crippen LogP) is 2.91. The van der Waals surface area contributed by atoms with Gasteiger partial charge in [0, 0.05) is 24.7 Å². The third-order valence-electron chi connectivity index (χ3n) is 4.74. The van der Waals surface area contributed by atoms with Gasteiger partial charge < -0.3 is 14.6 Å². The van der Waals surface area contributed by atoms with E-state index >= 15 is 0 Å². The fourth-order valence-corrected chi connectivity index (χ4v) is 3.68. The third kappa shape index (κ3) is 3.01. The van der Waals surface area contributed by atoms with Crippen molar-refractivity contribution in [2.75, 3.05) is 19.6 Å². The lowest BCUT2D eigenvalue weighted by molar-refractivity contribution is 0.0882. The second-order valence-electron chi connectivity index (χ2n) is 6.49. The number of halogens is 1. The van der Waals surface area contributed by atoms with Crippen LogP contribution in [0.25, 0.3) is 11.3 Å². The normalized spacial score (nSPS) is 26.2. The van der Waals surface area contributed by atoms with E-state index < -0.39 is 0 Å². The second-order valence-corrected chi connectivity index (χ2v) is 6.49. The van der Waals surface area contributed by atoms with E-state index in [2.05, 4.69) is 10.2 Å². The molecule has 2 aliphatic rings. The summed E-state index contributed by atoms with van der Waals surface area (Å²) in [6, 6.07) is 9.70. The second kappa shape index (κ2) is 5.81. The average molecular weight is 314 g/mol. The van der Waals surface area contributed by atoms with Crippen molar-refractivity contribution >= 4 is 5.91 Å². The van der Waals surface area contributed by atoms with Crippen molar-refractivity contribution < 1.29 is 13.6 Å². The maximum absolute atomic E-state index is 13.3. The molecule has 0 spiro atoms. The van der Waals surface area contributed by atoms with E-state index in [1.165, 1.54) is 18.6 Å². The smallest absolute Gasteiger partial charge is 0.287 e. The summed E-state index contributed by atoms with van der Waals surface area (Å²) < 4.78 is 18.9. The van der Waals surface area contributed by atoms with E-state index in [9.17, 15) is 9.18 Å². The first-order chi connectivity index (χ1) is 11.2. The molecule has 0 saturated carbocycles. The monoisotopic (exact) mass is 314 g/mol. The molecule has 1 aromatic carbocycles. The van der Waals surface area contributed by atoms with Gasteiger partial charge in [-0.05, 0) is 49.6 Å². The molecule has 1 amide bonds. The van der Waals surface area contributed by atoms with E-state index in [-0.39, 0.29) is 23.5 Å². The van der Waals surface area contributed by atoms with E-state index in [0.29, 0.717) is 17.2 Å². The maximum Gasteiger partial charge on any atom is 0.287 e. The van der Waals surface area contributed by atoms with Gasteiger partial charge in [0.05, 0.1) is 0 Å². The molecular formula is C18H19FN2O2. The van der Waals surface area contributed by atoms with Crippen molar-refractivity contribution in [2.24, 2.45) is 5.92 Å². The first-order valence-electron chi connectivity index (χ1n) is 8.06. The maximum atomic E-state index is 13.3. The van der Waals surface area contributed by atoms with Crippen molar-refractivity contribution in [3.05, 3.63) is 48.0 Å². The number of piperidine rings is 1. The number of rotatable bonds is 3. The van der Waals surface area contributed by atoms with Gasteiger partial charge >= 0.3 is 0 Å². The average Bonchev–Trinajstić information content (AvgIpc) is 3.14. The molecule has 2 fully saturated rings. The zero-order chi connectivity index (χ0) is 15.8. The SMILES string of the molecule is O=C(N[C@H]1C[C@H]2CCN(C2)C1)c1ccc(-c2cccc(F)c2)o1.